The first kappa shape index (κ1) is 19.3. The van der Waals surface area contributed by atoms with Gasteiger partial charge in [0, 0.05) is 6.54 Å². The van der Waals surface area contributed by atoms with Crippen molar-refractivity contribution in [1.82, 2.24) is 5.32 Å². The summed E-state index contributed by atoms with van der Waals surface area (Å²) in [5.74, 6) is 1.50. The third kappa shape index (κ3) is 4.26. The molecule has 3 rings (SSSR count). The van der Waals surface area contributed by atoms with E-state index in [0.29, 0.717) is 18.0 Å². The molecule has 0 bridgehead atoms. The third-order valence-electron chi connectivity index (χ3n) is 5.62. The van der Waals surface area contributed by atoms with Gasteiger partial charge in [-0.3, -0.25) is 4.79 Å². The molecule has 0 radical (unpaired) electrons. The quantitative estimate of drug-likeness (QED) is 0.795. The smallest absolute Gasteiger partial charge is 0.230 e. The minimum absolute atomic E-state index is 0.130. The van der Waals surface area contributed by atoms with Crippen LogP contribution < -0.4 is 14.8 Å². The number of nitrogens with one attached hydrogen (secondary N) is 1. The Kier molecular flexibility index (Phi) is 6.38. The van der Waals surface area contributed by atoms with Crippen LogP contribution >= 0.6 is 0 Å². The summed E-state index contributed by atoms with van der Waals surface area (Å²) in [6, 6.07) is 16.2. The molecular formula is C23H29NO3. The molecule has 0 saturated heterocycles. The van der Waals surface area contributed by atoms with Gasteiger partial charge in [-0.2, -0.15) is 0 Å². The number of carbonyl (C=O) groups is 1. The van der Waals surface area contributed by atoms with Crippen LogP contribution in [0.3, 0.4) is 0 Å². The van der Waals surface area contributed by atoms with Crippen molar-refractivity contribution in [3.63, 3.8) is 0 Å². The van der Waals surface area contributed by atoms with E-state index in [1.54, 1.807) is 14.2 Å². The first-order chi connectivity index (χ1) is 13.2. The number of benzene rings is 2. The fourth-order valence-corrected chi connectivity index (χ4v) is 4.07. The van der Waals surface area contributed by atoms with Gasteiger partial charge >= 0.3 is 0 Å². The van der Waals surface area contributed by atoms with Crippen molar-refractivity contribution in [2.45, 2.75) is 43.9 Å². The van der Waals surface area contributed by atoms with Gasteiger partial charge in [0.25, 0.3) is 0 Å². The molecule has 1 aliphatic carbocycles. The van der Waals surface area contributed by atoms with Crippen LogP contribution in [0.4, 0.5) is 0 Å². The van der Waals surface area contributed by atoms with Gasteiger partial charge in [-0.25, -0.2) is 0 Å². The van der Waals surface area contributed by atoms with Gasteiger partial charge in [0.15, 0.2) is 11.5 Å². The number of ether oxygens (including phenoxy) is 2. The normalized spacial score (nSPS) is 15.8. The lowest BCUT2D eigenvalue weighted by Gasteiger charge is -2.36. The SMILES string of the molecule is COc1ccc(C2(C(=O)NCCc3ccccc3)CCCCC2)cc1OC. The Morgan fingerprint density at radius 3 is 2.33 bits per heavy atom. The second-order valence-corrected chi connectivity index (χ2v) is 7.20. The topological polar surface area (TPSA) is 47.6 Å². The maximum atomic E-state index is 13.3. The highest BCUT2D eigenvalue weighted by molar-refractivity contribution is 5.88. The maximum absolute atomic E-state index is 13.3. The molecule has 0 atom stereocenters. The van der Waals surface area contributed by atoms with Crippen molar-refractivity contribution in [3.8, 4) is 11.5 Å². The van der Waals surface area contributed by atoms with Gasteiger partial charge in [-0.15, -0.1) is 0 Å². The van der Waals surface area contributed by atoms with E-state index in [0.717, 1.165) is 37.7 Å². The summed E-state index contributed by atoms with van der Waals surface area (Å²) < 4.78 is 10.8. The Balaban J connectivity index is 1.78. The molecule has 4 nitrogen and oxygen atoms in total. The molecule has 1 amide bonds. The van der Waals surface area contributed by atoms with E-state index >= 15 is 0 Å². The van der Waals surface area contributed by atoms with E-state index in [1.165, 1.54) is 12.0 Å². The molecule has 0 aliphatic heterocycles. The molecule has 2 aromatic rings. The Labute approximate surface area is 161 Å². The Bertz CT molecular complexity index is 751. The average molecular weight is 367 g/mol. The van der Waals surface area contributed by atoms with Crippen LogP contribution in [0, 0.1) is 0 Å². The van der Waals surface area contributed by atoms with Crippen LogP contribution in [0.25, 0.3) is 0 Å². The van der Waals surface area contributed by atoms with E-state index in [9.17, 15) is 4.79 Å². The maximum Gasteiger partial charge on any atom is 0.230 e. The summed E-state index contributed by atoms with van der Waals surface area (Å²) in [5.41, 5.74) is 1.78. The Morgan fingerprint density at radius 1 is 0.963 bits per heavy atom. The molecule has 1 N–H and O–H groups in total. The van der Waals surface area contributed by atoms with Crippen molar-refractivity contribution < 1.29 is 14.3 Å². The van der Waals surface area contributed by atoms with Gasteiger partial charge < -0.3 is 14.8 Å². The number of hydrogen-bond acceptors (Lipinski definition) is 3. The second kappa shape index (κ2) is 8.94. The van der Waals surface area contributed by atoms with E-state index in [2.05, 4.69) is 17.4 Å². The molecule has 144 valence electrons. The Morgan fingerprint density at radius 2 is 1.67 bits per heavy atom. The van der Waals surface area contributed by atoms with Crippen LogP contribution in [-0.4, -0.2) is 26.7 Å². The molecule has 0 heterocycles. The summed E-state index contributed by atoms with van der Waals surface area (Å²) >= 11 is 0. The fourth-order valence-electron chi connectivity index (χ4n) is 4.07. The zero-order chi connectivity index (χ0) is 19.1. The summed E-state index contributed by atoms with van der Waals surface area (Å²) in [4.78, 5) is 13.3. The predicted octanol–water partition coefficient (Wildman–Crippen LogP) is 4.26. The molecule has 0 spiro atoms. The number of carbonyl (C=O) groups excluding carboxylic acids is 1. The van der Waals surface area contributed by atoms with Crippen molar-refractivity contribution in [3.05, 3.63) is 59.7 Å². The van der Waals surface area contributed by atoms with Crippen molar-refractivity contribution in [1.29, 1.82) is 0 Å². The molecule has 2 aromatic carbocycles. The highest BCUT2D eigenvalue weighted by atomic mass is 16.5. The predicted molar refractivity (Wildman–Crippen MR) is 107 cm³/mol. The monoisotopic (exact) mass is 367 g/mol. The van der Waals surface area contributed by atoms with Crippen LogP contribution in [0.1, 0.15) is 43.2 Å². The lowest BCUT2D eigenvalue weighted by molar-refractivity contribution is -0.128. The minimum Gasteiger partial charge on any atom is -0.493 e. The molecule has 1 fully saturated rings. The van der Waals surface area contributed by atoms with E-state index in [1.807, 2.05) is 36.4 Å². The molecule has 0 unspecified atom stereocenters. The largest absolute Gasteiger partial charge is 0.493 e. The number of rotatable bonds is 7. The van der Waals surface area contributed by atoms with Gasteiger partial charge in [0.1, 0.15) is 0 Å². The van der Waals surface area contributed by atoms with E-state index in [-0.39, 0.29) is 5.91 Å². The number of methoxy groups -OCH3 is 2. The van der Waals surface area contributed by atoms with Crippen molar-refractivity contribution >= 4 is 5.91 Å². The summed E-state index contributed by atoms with van der Waals surface area (Å²) in [6.07, 6.45) is 5.92. The Hall–Kier alpha value is -2.49. The van der Waals surface area contributed by atoms with Gasteiger partial charge in [-0.1, -0.05) is 55.7 Å². The third-order valence-corrected chi connectivity index (χ3v) is 5.62. The molecule has 1 saturated carbocycles. The summed E-state index contributed by atoms with van der Waals surface area (Å²) in [6.45, 7) is 0.651. The highest BCUT2D eigenvalue weighted by Crippen LogP contribution is 2.42. The fraction of sp³-hybridized carbons (Fsp3) is 0.435. The molecule has 27 heavy (non-hydrogen) atoms. The molecule has 0 aromatic heterocycles. The van der Waals surface area contributed by atoms with Crippen molar-refractivity contribution in [2.75, 3.05) is 20.8 Å². The first-order valence-corrected chi connectivity index (χ1v) is 9.74. The number of hydrogen-bond donors (Lipinski definition) is 1. The summed E-state index contributed by atoms with van der Waals surface area (Å²) in [7, 11) is 3.26. The number of amides is 1. The second-order valence-electron chi connectivity index (χ2n) is 7.20. The van der Waals surface area contributed by atoms with Crippen molar-refractivity contribution in [2.24, 2.45) is 0 Å². The zero-order valence-electron chi connectivity index (χ0n) is 16.3. The van der Waals surface area contributed by atoms with Gasteiger partial charge in [-0.05, 0) is 42.5 Å². The van der Waals surface area contributed by atoms with Gasteiger partial charge in [0.2, 0.25) is 5.91 Å². The molecule has 4 heteroatoms. The average Bonchev–Trinajstić information content (AvgIpc) is 2.74. The van der Waals surface area contributed by atoms with Gasteiger partial charge in [0.05, 0.1) is 19.6 Å². The van der Waals surface area contributed by atoms with Crippen LogP contribution in [0.2, 0.25) is 0 Å². The first-order valence-electron chi connectivity index (χ1n) is 9.74. The van der Waals surface area contributed by atoms with E-state index < -0.39 is 5.41 Å². The van der Waals surface area contributed by atoms with E-state index in [4.69, 9.17) is 9.47 Å². The van der Waals surface area contributed by atoms with Crippen LogP contribution in [0.5, 0.6) is 11.5 Å². The molecular weight excluding hydrogens is 338 g/mol. The van der Waals surface area contributed by atoms with Crippen LogP contribution in [-0.2, 0) is 16.6 Å². The summed E-state index contributed by atoms with van der Waals surface area (Å²) in [5, 5.41) is 3.20. The standard InChI is InChI=1S/C23H29NO3/c1-26-20-12-11-19(17-21(20)27-2)23(14-7-4-8-15-23)22(25)24-16-13-18-9-5-3-6-10-18/h3,5-6,9-12,17H,4,7-8,13-16H2,1-2H3,(H,24,25). The minimum atomic E-state index is -0.478. The lowest BCUT2D eigenvalue weighted by Crippen LogP contribution is -2.46. The van der Waals surface area contributed by atoms with Crippen LogP contribution in [0.15, 0.2) is 48.5 Å². The highest BCUT2D eigenvalue weighted by Gasteiger charge is 2.41. The molecule has 1 aliphatic rings. The zero-order valence-corrected chi connectivity index (χ0v) is 16.3. The lowest BCUT2D eigenvalue weighted by atomic mass is 9.68.